The molecular formula is C14H18O4. The first-order valence-electron chi connectivity index (χ1n) is 5.69. The number of hydrogen-bond donors (Lipinski definition) is 1. The second-order valence-electron chi connectivity index (χ2n) is 4.17. The number of esters is 1. The molecule has 1 aromatic rings. The first kappa shape index (κ1) is 14.3. The van der Waals surface area contributed by atoms with Crippen LogP contribution in [0.25, 0.3) is 0 Å². The first-order chi connectivity index (χ1) is 8.49. The molecule has 0 spiro atoms. The molecule has 18 heavy (non-hydrogen) atoms. The van der Waals surface area contributed by atoms with E-state index in [4.69, 9.17) is 9.47 Å². The van der Waals surface area contributed by atoms with Crippen LogP contribution < -0.4 is 9.47 Å². The molecule has 4 heteroatoms. The van der Waals surface area contributed by atoms with E-state index in [-0.39, 0.29) is 11.9 Å². The number of aliphatic hydroxyl groups excluding tert-OH is 1. The fourth-order valence-electron chi connectivity index (χ4n) is 1.31. The van der Waals surface area contributed by atoms with Crippen LogP contribution >= 0.6 is 0 Å². The molecule has 0 aliphatic heterocycles. The Bertz CT molecular complexity index is 437. The lowest BCUT2D eigenvalue weighted by atomic mass is 10.1. The van der Waals surface area contributed by atoms with Crippen LogP contribution in [-0.4, -0.2) is 18.2 Å². The van der Waals surface area contributed by atoms with E-state index >= 15 is 0 Å². The van der Waals surface area contributed by atoms with Gasteiger partial charge in [-0.2, -0.15) is 0 Å². The molecule has 0 aliphatic rings. The van der Waals surface area contributed by atoms with E-state index in [1.54, 1.807) is 32.0 Å². The highest BCUT2D eigenvalue weighted by atomic mass is 16.6. The zero-order chi connectivity index (χ0) is 13.7. The Hall–Kier alpha value is -1.81. The Labute approximate surface area is 107 Å². The molecule has 1 rings (SSSR count). The molecule has 0 fully saturated rings. The molecule has 1 unspecified atom stereocenters. The lowest BCUT2D eigenvalue weighted by molar-refractivity contribution is -0.137. The van der Waals surface area contributed by atoms with Crippen LogP contribution in [0.1, 0.15) is 25.5 Å². The van der Waals surface area contributed by atoms with Crippen molar-refractivity contribution in [3.8, 4) is 11.5 Å². The minimum atomic E-state index is -0.770. The van der Waals surface area contributed by atoms with Crippen LogP contribution in [0.4, 0.5) is 0 Å². The van der Waals surface area contributed by atoms with Crippen molar-refractivity contribution < 1.29 is 19.4 Å². The molecule has 0 saturated carbocycles. The highest BCUT2D eigenvalue weighted by Crippen LogP contribution is 2.31. The molecule has 1 aromatic carbocycles. The third-order valence-corrected chi connectivity index (χ3v) is 2.43. The molecule has 0 aliphatic carbocycles. The predicted octanol–water partition coefficient (Wildman–Crippen LogP) is 2.48. The fourth-order valence-corrected chi connectivity index (χ4v) is 1.31. The maximum absolute atomic E-state index is 11.5. The van der Waals surface area contributed by atoms with Gasteiger partial charge in [-0.25, -0.2) is 0 Å². The summed E-state index contributed by atoms with van der Waals surface area (Å²) in [6, 6.07) is 4.88. The quantitative estimate of drug-likeness (QED) is 0.495. The average Bonchev–Trinajstić information content (AvgIpc) is 2.37. The molecule has 0 heterocycles. The molecule has 0 bridgehead atoms. The highest BCUT2D eigenvalue weighted by Gasteiger charge is 2.15. The van der Waals surface area contributed by atoms with Crippen molar-refractivity contribution in [1.29, 1.82) is 0 Å². The second-order valence-corrected chi connectivity index (χ2v) is 4.17. The van der Waals surface area contributed by atoms with Gasteiger partial charge in [0.25, 0.3) is 0 Å². The first-order valence-corrected chi connectivity index (χ1v) is 5.69. The van der Waals surface area contributed by atoms with Gasteiger partial charge in [-0.15, -0.1) is 6.58 Å². The number of benzene rings is 1. The maximum Gasteiger partial charge on any atom is 0.313 e. The maximum atomic E-state index is 11.5. The van der Waals surface area contributed by atoms with Crippen LogP contribution in [-0.2, 0) is 4.79 Å². The Morgan fingerprint density at radius 1 is 1.39 bits per heavy atom. The number of methoxy groups -OCH3 is 1. The summed E-state index contributed by atoms with van der Waals surface area (Å²) in [6.07, 6.45) is 0.642. The van der Waals surface area contributed by atoms with Crippen LogP contribution in [0, 0.1) is 5.92 Å². The van der Waals surface area contributed by atoms with Crippen LogP contribution in [0.2, 0.25) is 0 Å². The van der Waals surface area contributed by atoms with Crippen molar-refractivity contribution >= 4 is 5.97 Å². The summed E-state index contributed by atoms with van der Waals surface area (Å²) in [4.78, 5) is 11.5. The lowest BCUT2D eigenvalue weighted by Gasteiger charge is -2.13. The summed E-state index contributed by atoms with van der Waals surface area (Å²) in [7, 11) is 1.48. The molecule has 1 N–H and O–H groups in total. The normalized spacial score (nSPS) is 12.1. The lowest BCUT2D eigenvalue weighted by Crippen LogP contribution is -2.15. The van der Waals surface area contributed by atoms with Crippen LogP contribution in [0.5, 0.6) is 11.5 Å². The molecule has 98 valence electrons. The molecule has 0 radical (unpaired) electrons. The summed E-state index contributed by atoms with van der Waals surface area (Å²) in [6.45, 7) is 7.02. The molecule has 4 nitrogen and oxygen atoms in total. The molecular weight excluding hydrogens is 232 g/mol. The minimum absolute atomic E-state index is 0.215. The standard InChI is InChI=1S/C14H18O4/c1-5-11(15)10-6-7-12(13(8-10)17-4)18-14(16)9(2)3/h5-9,11,15H,1H2,2-4H3. The number of carbonyl (C=O) groups is 1. The summed E-state index contributed by atoms with van der Waals surface area (Å²) < 4.78 is 10.3. The molecule has 0 amide bonds. The number of ether oxygens (including phenoxy) is 2. The summed E-state index contributed by atoms with van der Waals surface area (Å²) >= 11 is 0. The Morgan fingerprint density at radius 2 is 2.06 bits per heavy atom. The Balaban J connectivity index is 3.00. The summed E-state index contributed by atoms with van der Waals surface area (Å²) in [5.41, 5.74) is 0.631. The van der Waals surface area contributed by atoms with Crippen molar-refractivity contribution in [3.05, 3.63) is 36.4 Å². The van der Waals surface area contributed by atoms with E-state index in [1.165, 1.54) is 13.2 Å². The average molecular weight is 250 g/mol. The van der Waals surface area contributed by atoms with Gasteiger partial charge in [-0.3, -0.25) is 4.79 Å². The monoisotopic (exact) mass is 250 g/mol. The number of rotatable bonds is 5. The van der Waals surface area contributed by atoms with Crippen molar-refractivity contribution in [3.63, 3.8) is 0 Å². The number of hydrogen-bond acceptors (Lipinski definition) is 4. The van der Waals surface area contributed by atoms with Crippen molar-refractivity contribution in [1.82, 2.24) is 0 Å². The smallest absolute Gasteiger partial charge is 0.313 e. The van der Waals surface area contributed by atoms with Gasteiger partial charge in [0.05, 0.1) is 19.1 Å². The largest absolute Gasteiger partial charge is 0.493 e. The van der Waals surface area contributed by atoms with Crippen LogP contribution in [0.15, 0.2) is 30.9 Å². The Morgan fingerprint density at radius 3 is 2.56 bits per heavy atom. The van der Waals surface area contributed by atoms with E-state index in [1.807, 2.05) is 0 Å². The summed E-state index contributed by atoms with van der Waals surface area (Å²) in [5, 5.41) is 9.63. The second kappa shape index (κ2) is 6.21. The van der Waals surface area contributed by atoms with Gasteiger partial charge >= 0.3 is 5.97 Å². The predicted molar refractivity (Wildman–Crippen MR) is 68.6 cm³/mol. The molecule has 0 aromatic heterocycles. The Kier molecular flexibility index (Phi) is 4.92. The van der Waals surface area contributed by atoms with Gasteiger partial charge < -0.3 is 14.6 Å². The van der Waals surface area contributed by atoms with Gasteiger partial charge in [0.1, 0.15) is 0 Å². The van der Waals surface area contributed by atoms with Crippen molar-refractivity contribution in [2.45, 2.75) is 20.0 Å². The zero-order valence-corrected chi connectivity index (χ0v) is 10.8. The van der Waals surface area contributed by atoms with Crippen molar-refractivity contribution in [2.24, 2.45) is 5.92 Å². The van der Waals surface area contributed by atoms with Gasteiger partial charge in [0.2, 0.25) is 0 Å². The molecule has 0 saturated heterocycles. The van der Waals surface area contributed by atoms with E-state index in [9.17, 15) is 9.90 Å². The van der Waals surface area contributed by atoms with Gasteiger partial charge in [-0.1, -0.05) is 26.0 Å². The van der Waals surface area contributed by atoms with E-state index in [0.717, 1.165) is 0 Å². The topological polar surface area (TPSA) is 55.8 Å². The van der Waals surface area contributed by atoms with Gasteiger partial charge in [-0.05, 0) is 17.7 Å². The fraction of sp³-hybridized carbons (Fsp3) is 0.357. The number of carbonyl (C=O) groups excluding carboxylic acids is 1. The van der Waals surface area contributed by atoms with Gasteiger partial charge in [0, 0.05) is 0 Å². The highest BCUT2D eigenvalue weighted by molar-refractivity contribution is 5.75. The molecule has 1 atom stereocenters. The SMILES string of the molecule is C=CC(O)c1ccc(OC(=O)C(C)C)c(OC)c1. The zero-order valence-electron chi connectivity index (χ0n) is 10.8. The van der Waals surface area contributed by atoms with E-state index < -0.39 is 6.10 Å². The number of aliphatic hydroxyl groups is 1. The third kappa shape index (κ3) is 3.34. The minimum Gasteiger partial charge on any atom is -0.493 e. The van der Waals surface area contributed by atoms with Crippen molar-refractivity contribution in [2.75, 3.05) is 7.11 Å². The van der Waals surface area contributed by atoms with Gasteiger partial charge in [0.15, 0.2) is 11.5 Å². The van der Waals surface area contributed by atoms with E-state index in [2.05, 4.69) is 6.58 Å². The summed E-state index contributed by atoms with van der Waals surface area (Å²) in [5.74, 6) is 0.206. The third-order valence-electron chi connectivity index (χ3n) is 2.43. The van der Waals surface area contributed by atoms with E-state index in [0.29, 0.717) is 17.1 Å². The van der Waals surface area contributed by atoms with Crippen LogP contribution in [0.3, 0.4) is 0 Å².